The predicted molar refractivity (Wildman–Crippen MR) is 126 cm³/mol. The topological polar surface area (TPSA) is 0 Å². The van der Waals surface area contributed by atoms with Crippen molar-refractivity contribution in [2.75, 3.05) is 0 Å². The molecule has 0 heterocycles. The Morgan fingerprint density at radius 3 is 1.42 bits per heavy atom. The van der Waals surface area contributed by atoms with Crippen molar-refractivity contribution in [2.45, 2.75) is 12.5 Å². The molecule has 5 heteroatoms. The first-order chi connectivity index (χ1) is 14.3. The molecular formula is C28H27Cl3SiTi. The van der Waals surface area contributed by atoms with E-state index in [4.69, 9.17) is 0 Å². The molecule has 0 bridgehead atoms. The smallest absolute Gasteiger partial charge is 1.00 e. The van der Waals surface area contributed by atoms with E-state index in [9.17, 15) is 0 Å². The van der Waals surface area contributed by atoms with Gasteiger partial charge in [-0.05, 0) is 21.5 Å². The molecule has 2 aliphatic carbocycles. The molecule has 0 aliphatic heterocycles. The van der Waals surface area contributed by atoms with Crippen molar-refractivity contribution in [1.82, 2.24) is 0 Å². The average molecular weight is 546 g/mol. The van der Waals surface area contributed by atoms with Gasteiger partial charge in [0.05, 0.1) is 0 Å². The maximum Gasteiger partial charge on any atom is 4.00 e. The third kappa shape index (κ3) is 5.30. The van der Waals surface area contributed by atoms with Gasteiger partial charge in [-0.25, -0.2) is 0 Å². The molecule has 5 rings (SSSR count). The maximum atomic E-state index is 2.60. The van der Waals surface area contributed by atoms with E-state index in [0.717, 1.165) is 0 Å². The van der Waals surface area contributed by atoms with Gasteiger partial charge in [0.15, 0.2) is 0 Å². The zero-order valence-corrected chi connectivity index (χ0v) is 23.3. The van der Waals surface area contributed by atoms with E-state index in [-0.39, 0.29) is 58.9 Å². The van der Waals surface area contributed by atoms with Gasteiger partial charge in [0.25, 0.3) is 0 Å². The van der Waals surface area contributed by atoms with Gasteiger partial charge in [0.1, 0.15) is 8.07 Å². The Morgan fingerprint density at radius 1 is 0.606 bits per heavy atom. The van der Waals surface area contributed by atoms with Crippen molar-refractivity contribution >= 4 is 23.6 Å². The van der Waals surface area contributed by atoms with Gasteiger partial charge >= 0.3 is 21.7 Å². The second kappa shape index (κ2) is 13.1. The molecule has 168 valence electrons. The zero-order chi connectivity index (χ0) is 19.7. The van der Waals surface area contributed by atoms with Gasteiger partial charge in [0.2, 0.25) is 0 Å². The van der Waals surface area contributed by atoms with E-state index in [1.807, 2.05) is 0 Å². The van der Waals surface area contributed by atoms with Crippen molar-refractivity contribution in [3.05, 3.63) is 122 Å². The molecular weight excluding hydrogens is 519 g/mol. The molecule has 3 aromatic carbocycles. The average Bonchev–Trinajstić information content (AvgIpc) is 3.13. The molecule has 0 amide bonds. The molecule has 4 atom stereocenters. The maximum absolute atomic E-state index is 2.60. The van der Waals surface area contributed by atoms with Crippen LogP contribution in [0.2, 0.25) is 5.54 Å². The summed E-state index contributed by atoms with van der Waals surface area (Å²) in [5.41, 5.74) is 0.584. The van der Waals surface area contributed by atoms with Gasteiger partial charge in [-0.3, -0.25) is 0 Å². The van der Waals surface area contributed by atoms with Gasteiger partial charge < -0.3 is 43.6 Å². The molecule has 4 unspecified atom stereocenters. The van der Waals surface area contributed by atoms with Crippen LogP contribution in [0.4, 0.5) is 0 Å². The summed E-state index contributed by atoms with van der Waals surface area (Å²) in [6.45, 7) is 2.45. The molecule has 1 fully saturated rings. The summed E-state index contributed by atoms with van der Waals surface area (Å²) < 4.78 is 0. The fourth-order valence-corrected chi connectivity index (χ4v) is 12.0. The van der Waals surface area contributed by atoms with Crippen molar-refractivity contribution in [3.8, 4) is 0 Å². The van der Waals surface area contributed by atoms with Crippen molar-refractivity contribution in [2.24, 2.45) is 17.8 Å². The molecule has 2 aliphatic rings. The number of benzene rings is 3. The number of halogens is 3. The summed E-state index contributed by atoms with van der Waals surface area (Å²) in [6, 6.07) is 34.1. The Labute approximate surface area is 233 Å². The van der Waals surface area contributed by atoms with Gasteiger partial charge in [0, 0.05) is 0 Å². The number of allylic oxidation sites excluding steroid dienone is 4. The minimum absolute atomic E-state index is 0. The van der Waals surface area contributed by atoms with E-state index >= 15 is 0 Å². The van der Waals surface area contributed by atoms with Crippen LogP contribution < -0.4 is 52.8 Å². The summed E-state index contributed by atoms with van der Waals surface area (Å²) in [5.74, 6) is 1.66. The SMILES string of the molecule is CC1[CH-]C2C=CC=CC2C1[Si](c1ccccc1)(c1ccccc1)c1ccccc1.[Cl-].[Cl-].[Cl-].[Ti+4]. The number of hydrogen-bond donors (Lipinski definition) is 0. The van der Waals surface area contributed by atoms with Crippen LogP contribution in [-0.2, 0) is 21.7 Å². The molecule has 0 N–H and O–H groups in total. The van der Waals surface area contributed by atoms with Crippen molar-refractivity contribution < 1.29 is 58.9 Å². The van der Waals surface area contributed by atoms with Crippen molar-refractivity contribution in [1.29, 1.82) is 0 Å². The standard InChI is InChI=1S/C28H27Si.3ClH.Ti/c1-22-21-23-13-11-12-20-27(23)28(22)29(24-14-5-2-6-15-24,25-16-7-3-8-17-25)26-18-9-4-10-19-26;;;;/h2-23,27-28H,1H3;3*1H;/q-1;;;;+4/p-3. The molecule has 1 saturated carbocycles. The van der Waals surface area contributed by atoms with Gasteiger partial charge in [-0.2, -0.15) is 5.92 Å². The van der Waals surface area contributed by atoms with E-state index in [2.05, 4.69) is 129 Å². The number of fused-ring (bicyclic) bond motifs is 1. The van der Waals surface area contributed by atoms with E-state index in [1.54, 1.807) is 0 Å². The van der Waals surface area contributed by atoms with Crippen LogP contribution in [0.25, 0.3) is 0 Å². The molecule has 33 heavy (non-hydrogen) atoms. The summed E-state index contributed by atoms with van der Waals surface area (Å²) in [6.07, 6.45) is 12.0. The normalized spacial score (nSPS) is 22.6. The summed E-state index contributed by atoms with van der Waals surface area (Å²) in [7, 11) is -2.28. The third-order valence-corrected chi connectivity index (χ3v) is 12.6. The van der Waals surface area contributed by atoms with Crippen LogP contribution in [0.15, 0.2) is 115 Å². The Morgan fingerprint density at radius 2 is 1.00 bits per heavy atom. The quantitative estimate of drug-likeness (QED) is 0.177. The Kier molecular flexibility index (Phi) is 11.9. The van der Waals surface area contributed by atoms with Crippen LogP contribution in [0.5, 0.6) is 0 Å². The Bertz CT molecular complexity index is 928. The second-order valence-corrected chi connectivity index (χ2v) is 12.4. The first-order valence-corrected chi connectivity index (χ1v) is 12.8. The zero-order valence-electron chi connectivity index (χ0n) is 18.5. The summed E-state index contributed by atoms with van der Waals surface area (Å²) >= 11 is 0. The second-order valence-electron chi connectivity index (χ2n) is 8.41. The number of hydrogen-bond acceptors (Lipinski definition) is 0. The van der Waals surface area contributed by atoms with E-state index < -0.39 is 8.07 Å². The first-order valence-electron chi connectivity index (χ1n) is 10.7. The minimum atomic E-state index is -2.28. The van der Waals surface area contributed by atoms with Crippen LogP contribution >= 0.6 is 0 Å². The molecule has 3 aromatic rings. The fourth-order valence-electron chi connectivity index (χ4n) is 5.88. The van der Waals surface area contributed by atoms with Crippen LogP contribution in [0, 0.1) is 24.2 Å². The summed E-state index contributed by atoms with van der Waals surface area (Å²) in [4.78, 5) is 0. The molecule has 0 aromatic heterocycles. The van der Waals surface area contributed by atoms with E-state index in [1.165, 1.54) is 15.6 Å². The molecule has 0 saturated heterocycles. The van der Waals surface area contributed by atoms with Gasteiger partial charge in [-0.1, -0.05) is 122 Å². The predicted octanol–water partition coefficient (Wildman–Crippen LogP) is -4.25. The van der Waals surface area contributed by atoms with Crippen LogP contribution in [0.1, 0.15) is 6.92 Å². The molecule has 0 radical (unpaired) electrons. The Balaban J connectivity index is 0.00000136. The van der Waals surface area contributed by atoms with Gasteiger partial charge in [-0.15, -0.1) is 12.0 Å². The monoisotopic (exact) mass is 544 g/mol. The first kappa shape index (κ1) is 30.0. The van der Waals surface area contributed by atoms with Crippen molar-refractivity contribution in [3.63, 3.8) is 0 Å². The summed E-state index contributed by atoms with van der Waals surface area (Å²) in [5, 5.41) is 4.56. The molecule has 0 nitrogen and oxygen atoms in total. The number of rotatable bonds is 4. The largest absolute Gasteiger partial charge is 4.00 e. The minimum Gasteiger partial charge on any atom is -1.00 e. The van der Waals surface area contributed by atoms with Crippen LogP contribution in [0.3, 0.4) is 0 Å². The van der Waals surface area contributed by atoms with Crippen LogP contribution in [-0.4, -0.2) is 8.07 Å². The Hall–Kier alpha value is -1.06. The van der Waals surface area contributed by atoms with E-state index in [0.29, 0.717) is 23.3 Å². The third-order valence-electron chi connectivity index (χ3n) is 6.92. The molecule has 0 spiro atoms. The fraction of sp³-hybridized carbons (Fsp3) is 0.179.